The Hall–Kier alpha value is -9.51. The number of nitrogens with two attached hydrogens (primary N) is 3. The molecule has 0 unspecified atom stereocenters. The van der Waals surface area contributed by atoms with E-state index in [1.807, 2.05) is 32.9 Å². The fourth-order valence-electron chi connectivity index (χ4n) is 8.29. The first kappa shape index (κ1) is 57.8. The molecule has 5 amide bonds. The standard InChI is InChI=1S/C29H29ClN8O4.C24H21ClN8O2.CH4/c1-15-6-24(36-28(41)42-29(3,4)5)35-16(2)21(15)12-34-27(40)22-14-38(37-23(22)10-31)13-17-7-18-9-19(30)11-33-25(18)20(8-17)26(32)39;1-12-3-21(27)31-13(2)18(12)9-30-24(35)19-11-33(32-20(19)7-26)10-14-4-15-6-16(25)8-29-22(15)17(5-14)23(28)34;/h6-9,11,14H,12-13H2,1-5H3,(H2,32,39)(H,34,40)(H,35,36,41);3-6,8,11H,9-10H2,1-2H3,(H2,27,31)(H2,28,34)(H,30,35);1H4. The molecule has 0 atom stereocenters. The Labute approximate surface area is 457 Å². The highest BCUT2D eigenvalue weighted by Crippen LogP contribution is 2.26. The maximum Gasteiger partial charge on any atom is 0.413 e. The first-order valence-electron chi connectivity index (χ1n) is 23.4. The lowest BCUT2D eigenvalue weighted by atomic mass is 10.0. The molecule has 24 heteroatoms. The molecule has 6 heterocycles. The maximum atomic E-state index is 13.1. The van der Waals surface area contributed by atoms with Crippen molar-refractivity contribution in [1.29, 1.82) is 10.5 Å². The Kier molecular flexibility index (Phi) is 17.8. The molecule has 400 valence electrons. The molecule has 0 radical (unpaired) electrons. The van der Waals surface area contributed by atoms with Gasteiger partial charge in [0.25, 0.3) is 23.6 Å². The minimum atomic E-state index is -0.651. The molecule has 0 saturated carbocycles. The van der Waals surface area contributed by atoms with Crippen molar-refractivity contribution in [2.45, 2.75) is 87.7 Å². The van der Waals surface area contributed by atoms with Crippen LogP contribution in [0.3, 0.4) is 0 Å². The summed E-state index contributed by atoms with van der Waals surface area (Å²) in [6, 6.07) is 17.5. The van der Waals surface area contributed by atoms with Crippen molar-refractivity contribution in [2.24, 2.45) is 11.5 Å². The summed E-state index contributed by atoms with van der Waals surface area (Å²) in [6.45, 7) is 13.3. The van der Waals surface area contributed by atoms with Gasteiger partial charge in [0.2, 0.25) is 0 Å². The average molecular weight is 1090 g/mol. The zero-order valence-corrected chi connectivity index (χ0v) is 44.2. The van der Waals surface area contributed by atoms with Crippen LogP contribution in [0.25, 0.3) is 21.8 Å². The molecular weight excluding hydrogens is 1040 g/mol. The minimum Gasteiger partial charge on any atom is -0.444 e. The van der Waals surface area contributed by atoms with E-state index in [2.05, 4.69) is 46.1 Å². The van der Waals surface area contributed by atoms with Gasteiger partial charge in [0.15, 0.2) is 11.4 Å². The highest BCUT2D eigenvalue weighted by molar-refractivity contribution is 6.31. The summed E-state index contributed by atoms with van der Waals surface area (Å²) >= 11 is 12.1. The summed E-state index contributed by atoms with van der Waals surface area (Å²) in [5, 5.41) is 37.9. The smallest absolute Gasteiger partial charge is 0.413 e. The Morgan fingerprint density at radius 2 is 1.09 bits per heavy atom. The third-order valence-electron chi connectivity index (χ3n) is 11.7. The fourth-order valence-corrected chi connectivity index (χ4v) is 8.62. The number of nitrogen functional groups attached to an aromatic ring is 1. The number of pyridine rings is 4. The van der Waals surface area contributed by atoms with Gasteiger partial charge in [-0.05, 0) is 130 Å². The number of nitrogens with one attached hydrogen (secondary N) is 3. The van der Waals surface area contributed by atoms with E-state index in [0.29, 0.717) is 60.3 Å². The number of nitrogens with zero attached hydrogens (tertiary/aromatic N) is 10. The number of amides is 5. The van der Waals surface area contributed by atoms with Crippen molar-refractivity contribution in [3.63, 3.8) is 0 Å². The third kappa shape index (κ3) is 13.9. The van der Waals surface area contributed by atoms with Crippen LogP contribution in [-0.2, 0) is 30.9 Å². The number of anilines is 2. The molecule has 0 saturated heterocycles. The Morgan fingerprint density at radius 1 is 0.654 bits per heavy atom. The molecule has 8 rings (SSSR count). The van der Waals surface area contributed by atoms with Crippen LogP contribution in [0, 0.1) is 50.4 Å². The van der Waals surface area contributed by atoms with Gasteiger partial charge < -0.3 is 32.6 Å². The second-order valence-corrected chi connectivity index (χ2v) is 19.5. The molecule has 9 N–H and O–H groups in total. The monoisotopic (exact) mass is 1090 g/mol. The van der Waals surface area contributed by atoms with Crippen molar-refractivity contribution in [2.75, 3.05) is 11.1 Å². The number of hydrogen-bond acceptors (Lipinski definition) is 15. The number of halogens is 2. The Morgan fingerprint density at radius 3 is 1.49 bits per heavy atom. The molecule has 0 aliphatic rings. The first-order chi connectivity index (χ1) is 36.4. The lowest BCUT2D eigenvalue weighted by Gasteiger charge is -2.20. The molecule has 0 fully saturated rings. The number of benzene rings is 2. The van der Waals surface area contributed by atoms with Crippen molar-refractivity contribution >= 4 is 86.4 Å². The molecular formula is C54H54Cl2N16O6. The van der Waals surface area contributed by atoms with Crippen molar-refractivity contribution < 1.29 is 28.7 Å². The number of rotatable bonds is 13. The van der Waals surface area contributed by atoms with Gasteiger partial charge in [-0.3, -0.25) is 43.8 Å². The summed E-state index contributed by atoms with van der Waals surface area (Å²) < 4.78 is 8.16. The van der Waals surface area contributed by atoms with Crippen LogP contribution in [0.15, 0.2) is 73.3 Å². The lowest BCUT2D eigenvalue weighted by Crippen LogP contribution is -2.28. The number of aromatic nitrogens is 8. The zero-order valence-electron chi connectivity index (χ0n) is 42.7. The van der Waals surface area contributed by atoms with Gasteiger partial charge in [-0.2, -0.15) is 20.7 Å². The number of fused-ring (bicyclic) bond motifs is 2. The van der Waals surface area contributed by atoms with Gasteiger partial charge >= 0.3 is 6.09 Å². The second kappa shape index (κ2) is 24.0. The Bertz CT molecular complexity index is 3750. The summed E-state index contributed by atoms with van der Waals surface area (Å²) in [4.78, 5) is 79.1. The average Bonchev–Trinajstić information content (AvgIpc) is 3.99. The topological polar surface area (TPSA) is 344 Å². The van der Waals surface area contributed by atoms with E-state index in [1.54, 1.807) is 76.2 Å². The number of aryl methyl sites for hydroxylation is 4. The predicted molar refractivity (Wildman–Crippen MR) is 293 cm³/mol. The highest BCUT2D eigenvalue weighted by Gasteiger charge is 2.22. The minimum absolute atomic E-state index is 0. The van der Waals surface area contributed by atoms with E-state index in [0.717, 1.165) is 27.9 Å². The normalized spacial score (nSPS) is 10.9. The second-order valence-electron chi connectivity index (χ2n) is 18.7. The van der Waals surface area contributed by atoms with Crippen molar-refractivity contribution in [3.8, 4) is 12.1 Å². The predicted octanol–water partition coefficient (Wildman–Crippen LogP) is 7.66. The van der Waals surface area contributed by atoms with Crippen LogP contribution in [0.5, 0.6) is 0 Å². The number of hydrogen-bond donors (Lipinski definition) is 6. The van der Waals surface area contributed by atoms with E-state index in [4.69, 9.17) is 45.1 Å². The molecule has 6 aromatic heterocycles. The summed E-state index contributed by atoms with van der Waals surface area (Å²) in [5.74, 6) is -1.49. The van der Waals surface area contributed by atoms with Gasteiger partial charge in [0.05, 0.1) is 56.4 Å². The van der Waals surface area contributed by atoms with Crippen LogP contribution < -0.4 is 33.2 Å². The molecule has 0 spiro atoms. The van der Waals surface area contributed by atoms with E-state index >= 15 is 0 Å². The van der Waals surface area contributed by atoms with Gasteiger partial charge in [-0.25, -0.2) is 14.8 Å². The molecule has 8 aromatic rings. The highest BCUT2D eigenvalue weighted by atomic mass is 35.5. The van der Waals surface area contributed by atoms with Gasteiger partial charge in [0.1, 0.15) is 29.4 Å². The Balaban J connectivity index is 0.000000253. The summed E-state index contributed by atoms with van der Waals surface area (Å²) in [6.07, 6.45) is 5.20. The molecule has 2 aromatic carbocycles. The van der Waals surface area contributed by atoms with E-state index in [1.165, 1.54) is 34.2 Å². The maximum absolute atomic E-state index is 13.1. The number of carbonyl (C=O) groups is 5. The zero-order chi connectivity index (χ0) is 56.0. The van der Waals surface area contributed by atoms with E-state index in [9.17, 15) is 34.5 Å². The largest absolute Gasteiger partial charge is 0.444 e. The van der Waals surface area contributed by atoms with Crippen LogP contribution in [0.1, 0.15) is 126 Å². The van der Waals surface area contributed by atoms with Crippen molar-refractivity contribution in [3.05, 3.63) is 162 Å². The summed E-state index contributed by atoms with van der Waals surface area (Å²) in [5.41, 5.74) is 23.6. The lowest BCUT2D eigenvalue weighted by molar-refractivity contribution is 0.0634. The molecule has 0 aliphatic carbocycles. The number of ether oxygens (including phenoxy) is 1. The number of nitriles is 2. The molecule has 22 nitrogen and oxygen atoms in total. The fraction of sp³-hybridized carbons (Fsp3) is 0.241. The first-order valence-corrected chi connectivity index (χ1v) is 24.1. The van der Waals surface area contributed by atoms with Gasteiger partial charge in [0, 0.05) is 60.0 Å². The van der Waals surface area contributed by atoms with Gasteiger partial charge in [-0.1, -0.05) is 30.6 Å². The van der Waals surface area contributed by atoms with Crippen LogP contribution in [0.2, 0.25) is 10.0 Å². The molecule has 0 aliphatic heterocycles. The SMILES string of the molecule is C.Cc1cc(N)nc(C)c1CNC(=O)c1cn(Cc2cc(C(N)=O)c3ncc(Cl)cc3c2)nc1C#N.Cc1cc(NC(=O)OC(C)(C)C)nc(C)c1CNC(=O)c1cn(Cc2cc(C(N)=O)c3ncc(Cl)cc3c2)nc1C#N. The molecule has 78 heavy (non-hydrogen) atoms. The van der Waals surface area contributed by atoms with E-state index < -0.39 is 35.3 Å². The van der Waals surface area contributed by atoms with Crippen LogP contribution >= 0.6 is 23.2 Å². The van der Waals surface area contributed by atoms with Crippen LogP contribution in [-0.4, -0.2) is 74.8 Å². The van der Waals surface area contributed by atoms with Gasteiger partial charge in [-0.15, -0.1) is 0 Å². The number of carbonyl (C=O) groups excluding carboxylic acids is 5. The van der Waals surface area contributed by atoms with E-state index in [-0.39, 0.29) is 67.2 Å². The quantitative estimate of drug-likeness (QED) is 0.0645. The summed E-state index contributed by atoms with van der Waals surface area (Å²) in [7, 11) is 0. The molecule has 0 bridgehead atoms. The number of primary amides is 2. The van der Waals surface area contributed by atoms with Crippen LogP contribution in [0.4, 0.5) is 16.4 Å². The van der Waals surface area contributed by atoms with Crippen molar-refractivity contribution in [1.82, 2.24) is 50.1 Å². The third-order valence-corrected chi connectivity index (χ3v) is 12.1.